The monoisotopic (exact) mass is 420 g/mol. The second-order valence-corrected chi connectivity index (χ2v) is 7.30. The van der Waals surface area contributed by atoms with Crippen molar-refractivity contribution in [3.63, 3.8) is 0 Å². The number of hydrogen-bond acceptors (Lipinski definition) is 4. The fraction of sp³-hybridized carbons (Fsp3) is 0.174. The summed E-state index contributed by atoms with van der Waals surface area (Å²) in [5.74, 6) is 1.56. The van der Waals surface area contributed by atoms with Crippen molar-refractivity contribution in [1.29, 1.82) is 0 Å². The fourth-order valence-electron chi connectivity index (χ4n) is 3.26. The molecule has 1 amide bonds. The van der Waals surface area contributed by atoms with Crippen LogP contribution in [0.5, 0.6) is 5.75 Å². The van der Waals surface area contributed by atoms with E-state index in [0.29, 0.717) is 24.4 Å². The number of pyridine rings is 1. The maximum atomic E-state index is 12.4. The molecule has 1 N–H and O–H groups in total. The van der Waals surface area contributed by atoms with Crippen LogP contribution in [-0.2, 0) is 17.8 Å². The van der Waals surface area contributed by atoms with Crippen molar-refractivity contribution < 1.29 is 9.53 Å². The van der Waals surface area contributed by atoms with Crippen molar-refractivity contribution in [2.45, 2.75) is 19.4 Å². The zero-order valence-corrected chi connectivity index (χ0v) is 17.3. The number of rotatable bonds is 7. The van der Waals surface area contributed by atoms with Gasteiger partial charge in [0.15, 0.2) is 5.65 Å². The van der Waals surface area contributed by atoms with Gasteiger partial charge in [-0.15, -0.1) is 0 Å². The second kappa shape index (κ2) is 8.97. The number of aryl methyl sites for hydroxylation is 1. The molecule has 2 aromatic carbocycles. The highest BCUT2D eigenvalue weighted by atomic mass is 35.5. The largest absolute Gasteiger partial charge is 0.497 e. The highest BCUT2D eigenvalue weighted by Crippen LogP contribution is 2.19. The Morgan fingerprint density at radius 2 is 1.87 bits per heavy atom. The van der Waals surface area contributed by atoms with Crippen molar-refractivity contribution >= 4 is 34.4 Å². The van der Waals surface area contributed by atoms with Crippen molar-refractivity contribution in [3.05, 3.63) is 83.3 Å². The standard InChI is InChI=1S/C23H21ClN4O2/c1-30-19-10-4-16(5-11-19)15-28-21(27-20-3-2-14-25-23(20)28)12-13-22(29)26-18-8-6-17(24)7-9-18/h2-11,14H,12-13,15H2,1H3,(H,26,29). The molecule has 7 heteroatoms. The summed E-state index contributed by atoms with van der Waals surface area (Å²) >= 11 is 5.89. The predicted octanol–water partition coefficient (Wildman–Crippen LogP) is 4.71. The lowest BCUT2D eigenvalue weighted by atomic mass is 10.2. The van der Waals surface area contributed by atoms with E-state index in [0.717, 1.165) is 34.0 Å². The maximum Gasteiger partial charge on any atom is 0.224 e. The van der Waals surface area contributed by atoms with Gasteiger partial charge >= 0.3 is 0 Å². The molecule has 0 spiro atoms. The molecule has 0 unspecified atom stereocenters. The van der Waals surface area contributed by atoms with Crippen LogP contribution in [0.25, 0.3) is 11.2 Å². The van der Waals surface area contributed by atoms with Crippen molar-refractivity contribution in [3.8, 4) is 5.75 Å². The SMILES string of the molecule is COc1ccc(Cn2c(CCC(=O)Nc3ccc(Cl)cc3)nc3cccnc32)cc1. The summed E-state index contributed by atoms with van der Waals surface area (Å²) in [7, 11) is 1.65. The Labute approximate surface area is 179 Å². The van der Waals surface area contributed by atoms with Gasteiger partial charge in [-0.25, -0.2) is 9.97 Å². The topological polar surface area (TPSA) is 69.0 Å². The Morgan fingerprint density at radius 1 is 1.10 bits per heavy atom. The third kappa shape index (κ3) is 4.60. The van der Waals surface area contributed by atoms with E-state index in [1.54, 1.807) is 37.6 Å². The van der Waals surface area contributed by atoms with Gasteiger partial charge in [-0.05, 0) is 54.1 Å². The minimum absolute atomic E-state index is 0.0756. The van der Waals surface area contributed by atoms with Crippen molar-refractivity contribution in [2.75, 3.05) is 12.4 Å². The number of ether oxygens (including phenoxy) is 1. The average Bonchev–Trinajstić information content (AvgIpc) is 3.12. The van der Waals surface area contributed by atoms with E-state index in [4.69, 9.17) is 21.3 Å². The van der Waals surface area contributed by atoms with E-state index in [1.807, 2.05) is 36.4 Å². The average molecular weight is 421 g/mol. The van der Waals surface area contributed by atoms with Crippen LogP contribution in [0.2, 0.25) is 5.02 Å². The van der Waals surface area contributed by atoms with E-state index in [2.05, 4.69) is 14.9 Å². The number of anilines is 1. The molecule has 0 atom stereocenters. The summed E-state index contributed by atoms with van der Waals surface area (Å²) in [5.41, 5.74) is 3.45. The molecule has 0 aliphatic heterocycles. The molecule has 152 valence electrons. The van der Waals surface area contributed by atoms with Crippen LogP contribution in [0, 0.1) is 0 Å². The molecule has 2 aromatic heterocycles. The van der Waals surface area contributed by atoms with Gasteiger partial charge in [-0.1, -0.05) is 23.7 Å². The minimum Gasteiger partial charge on any atom is -0.497 e. The number of nitrogens with one attached hydrogen (secondary N) is 1. The molecule has 0 bridgehead atoms. The smallest absolute Gasteiger partial charge is 0.224 e. The molecular formula is C23H21ClN4O2. The Kier molecular flexibility index (Phi) is 5.95. The number of aromatic nitrogens is 3. The van der Waals surface area contributed by atoms with Crippen LogP contribution in [-0.4, -0.2) is 27.6 Å². The summed E-state index contributed by atoms with van der Waals surface area (Å²) < 4.78 is 7.30. The van der Waals surface area contributed by atoms with Gasteiger partial charge in [0.1, 0.15) is 17.1 Å². The third-order valence-corrected chi connectivity index (χ3v) is 5.04. The molecule has 30 heavy (non-hydrogen) atoms. The first-order chi connectivity index (χ1) is 14.6. The number of benzene rings is 2. The first-order valence-corrected chi connectivity index (χ1v) is 9.98. The summed E-state index contributed by atoms with van der Waals surface area (Å²) in [6.45, 7) is 0.617. The Hall–Kier alpha value is -3.38. The number of halogens is 1. The molecule has 0 saturated heterocycles. The molecule has 6 nitrogen and oxygen atoms in total. The highest BCUT2D eigenvalue weighted by Gasteiger charge is 2.14. The fourth-order valence-corrected chi connectivity index (χ4v) is 3.38. The maximum absolute atomic E-state index is 12.4. The number of hydrogen-bond donors (Lipinski definition) is 1. The summed E-state index contributed by atoms with van der Waals surface area (Å²) in [6, 6.07) is 18.8. The van der Waals surface area contributed by atoms with E-state index < -0.39 is 0 Å². The van der Waals surface area contributed by atoms with Gasteiger partial charge in [-0.2, -0.15) is 0 Å². The van der Waals surface area contributed by atoms with Gasteiger partial charge < -0.3 is 14.6 Å². The number of carbonyl (C=O) groups excluding carboxylic acids is 1. The summed E-state index contributed by atoms with van der Waals surface area (Å²) in [4.78, 5) is 21.6. The zero-order chi connectivity index (χ0) is 20.9. The number of nitrogens with zero attached hydrogens (tertiary/aromatic N) is 3. The minimum atomic E-state index is -0.0756. The van der Waals surface area contributed by atoms with Crippen LogP contribution in [0.4, 0.5) is 5.69 Å². The lowest BCUT2D eigenvalue weighted by Crippen LogP contribution is -2.14. The van der Waals surface area contributed by atoms with Gasteiger partial charge in [0.05, 0.1) is 13.7 Å². The summed E-state index contributed by atoms with van der Waals surface area (Å²) in [6.07, 6.45) is 2.58. The van der Waals surface area contributed by atoms with Crippen LogP contribution in [0.1, 0.15) is 17.8 Å². The van der Waals surface area contributed by atoms with E-state index in [-0.39, 0.29) is 5.91 Å². The Balaban J connectivity index is 1.51. The van der Waals surface area contributed by atoms with Gasteiger partial charge in [0.25, 0.3) is 0 Å². The third-order valence-electron chi connectivity index (χ3n) is 4.79. The quantitative estimate of drug-likeness (QED) is 0.470. The molecule has 0 fully saturated rings. The van der Waals surface area contributed by atoms with Gasteiger partial charge in [0.2, 0.25) is 5.91 Å². The van der Waals surface area contributed by atoms with Crippen LogP contribution in [0.15, 0.2) is 66.9 Å². The van der Waals surface area contributed by atoms with Crippen LogP contribution < -0.4 is 10.1 Å². The molecule has 0 aliphatic rings. The van der Waals surface area contributed by atoms with E-state index >= 15 is 0 Å². The molecule has 0 radical (unpaired) electrons. The number of methoxy groups -OCH3 is 1. The highest BCUT2D eigenvalue weighted by molar-refractivity contribution is 6.30. The normalized spacial score (nSPS) is 10.9. The predicted molar refractivity (Wildman–Crippen MR) is 118 cm³/mol. The van der Waals surface area contributed by atoms with Crippen molar-refractivity contribution in [2.24, 2.45) is 0 Å². The first kappa shape index (κ1) is 19.9. The van der Waals surface area contributed by atoms with Gasteiger partial charge in [0, 0.05) is 29.7 Å². The Morgan fingerprint density at radius 3 is 2.60 bits per heavy atom. The van der Waals surface area contributed by atoms with E-state index in [1.165, 1.54) is 0 Å². The summed E-state index contributed by atoms with van der Waals surface area (Å²) in [5, 5.41) is 3.52. The lowest BCUT2D eigenvalue weighted by molar-refractivity contribution is -0.116. The van der Waals surface area contributed by atoms with Crippen molar-refractivity contribution in [1.82, 2.24) is 14.5 Å². The molecule has 0 saturated carbocycles. The molecule has 2 heterocycles. The number of imidazole rings is 1. The molecular weight excluding hydrogens is 400 g/mol. The number of carbonyl (C=O) groups is 1. The van der Waals surface area contributed by atoms with Crippen LogP contribution >= 0.6 is 11.6 Å². The lowest BCUT2D eigenvalue weighted by Gasteiger charge is -2.10. The molecule has 4 rings (SSSR count). The molecule has 0 aliphatic carbocycles. The number of fused-ring (bicyclic) bond motifs is 1. The Bertz CT molecular complexity index is 1150. The second-order valence-electron chi connectivity index (χ2n) is 6.86. The zero-order valence-electron chi connectivity index (χ0n) is 16.5. The number of amides is 1. The van der Waals surface area contributed by atoms with E-state index in [9.17, 15) is 4.79 Å². The van der Waals surface area contributed by atoms with Crippen LogP contribution in [0.3, 0.4) is 0 Å². The first-order valence-electron chi connectivity index (χ1n) is 9.61. The van der Waals surface area contributed by atoms with Gasteiger partial charge in [-0.3, -0.25) is 4.79 Å². The molecule has 4 aromatic rings.